The molecule has 3 nitrogen and oxygen atoms in total. The Morgan fingerprint density at radius 3 is 2.62 bits per heavy atom. The fraction of sp³-hybridized carbons (Fsp3) is 0.333. The molecule has 0 heterocycles. The molecule has 3 heteroatoms. The fourth-order valence-electron chi connectivity index (χ4n) is 3.26. The molecule has 2 aromatic rings. The molecule has 0 fully saturated rings. The number of fused-ring (bicyclic) bond motifs is 1. The molecule has 0 amide bonds. The predicted molar refractivity (Wildman–Crippen MR) is 86.7 cm³/mol. The molecule has 3 rings (SSSR count). The Morgan fingerprint density at radius 1 is 1.14 bits per heavy atom. The van der Waals surface area contributed by atoms with Crippen molar-refractivity contribution in [3.8, 4) is 5.75 Å². The van der Waals surface area contributed by atoms with Gasteiger partial charge in [0, 0.05) is 12.2 Å². The van der Waals surface area contributed by atoms with Gasteiger partial charge in [-0.25, -0.2) is 0 Å². The van der Waals surface area contributed by atoms with Crippen LogP contribution in [0.4, 0.5) is 5.69 Å². The van der Waals surface area contributed by atoms with Crippen molar-refractivity contribution in [2.24, 2.45) is 5.73 Å². The highest BCUT2D eigenvalue weighted by atomic mass is 16.5. The molecule has 0 saturated carbocycles. The van der Waals surface area contributed by atoms with Gasteiger partial charge in [-0.3, -0.25) is 0 Å². The minimum absolute atomic E-state index is 0.163. The predicted octanol–water partition coefficient (Wildman–Crippen LogP) is 3.30. The summed E-state index contributed by atoms with van der Waals surface area (Å²) >= 11 is 0. The summed E-state index contributed by atoms with van der Waals surface area (Å²) in [5, 5.41) is 3.67. The van der Waals surface area contributed by atoms with Gasteiger partial charge in [0.2, 0.25) is 0 Å². The van der Waals surface area contributed by atoms with Gasteiger partial charge in [0.15, 0.2) is 0 Å². The largest absolute Gasteiger partial charge is 0.497 e. The molecule has 0 aliphatic heterocycles. The van der Waals surface area contributed by atoms with Crippen LogP contribution in [0.15, 0.2) is 48.5 Å². The number of hydrogen-bond acceptors (Lipinski definition) is 3. The zero-order valence-corrected chi connectivity index (χ0v) is 12.4. The lowest BCUT2D eigenvalue weighted by Crippen LogP contribution is -2.45. The zero-order valence-electron chi connectivity index (χ0n) is 12.4. The van der Waals surface area contributed by atoms with E-state index in [1.54, 1.807) is 7.11 Å². The Hall–Kier alpha value is -2.00. The SMILES string of the molecule is COc1ccc(NC2(CN)CCCc3ccccc32)cc1. The van der Waals surface area contributed by atoms with E-state index in [2.05, 4.69) is 29.6 Å². The van der Waals surface area contributed by atoms with Crippen molar-refractivity contribution in [3.63, 3.8) is 0 Å². The first-order valence-electron chi connectivity index (χ1n) is 7.48. The molecular formula is C18H22N2O. The summed E-state index contributed by atoms with van der Waals surface area (Å²) in [6.07, 6.45) is 3.37. The third-order valence-corrected chi connectivity index (χ3v) is 4.40. The second-order valence-electron chi connectivity index (χ2n) is 5.65. The summed E-state index contributed by atoms with van der Waals surface area (Å²) in [5.74, 6) is 0.867. The minimum atomic E-state index is -0.163. The monoisotopic (exact) mass is 282 g/mol. The molecule has 1 aliphatic rings. The average Bonchev–Trinajstić information content (AvgIpc) is 2.56. The smallest absolute Gasteiger partial charge is 0.119 e. The highest BCUT2D eigenvalue weighted by Crippen LogP contribution is 2.37. The van der Waals surface area contributed by atoms with E-state index in [0.717, 1.165) is 30.7 Å². The van der Waals surface area contributed by atoms with Crippen molar-refractivity contribution in [1.82, 2.24) is 0 Å². The van der Waals surface area contributed by atoms with Gasteiger partial charge < -0.3 is 15.8 Å². The molecule has 1 aliphatic carbocycles. The van der Waals surface area contributed by atoms with Gasteiger partial charge in [0.05, 0.1) is 12.6 Å². The summed E-state index contributed by atoms with van der Waals surface area (Å²) in [6, 6.07) is 16.7. The lowest BCUT2D eigenvalue weighted by Gasteiger charge is -2.40. The lowest BCUT2D eigenvalue weighted by molar-refractivity contribution is 0.412. The normalized spacial score (nSPS) is 20.7. The fourth-order valence-corrected chi connectivity index (χ4v) is 3.26. The second kappa shape index (κ2) is 5.78. The summed E-state index contributed by atoms with van der Waals surface area (Å²) in [7, 11) is 1.68. The van der Waals surface area contributed by atoms with Crippen molar-refractivity contribution in [2.45, 2.75) is 24.8 Å². The van der Waals surface area contributed by atoms with Crippen molar-refractivity contribution >= 4 is 5.69 Å². The molecule has 2 aromatic carbocycles. The van der Waals surface area contributed by atoms with E-state index in [1.807, 2.05) is 24.3 Å². The van der Waals surface area contributed by atoms with Crippen LogP contribution in [0.5, 0.6) is 5.75 Å². The van der Waals surface area contributed by atoms with Crippen molar-refractivity contribution < 1.29 is 4.74 Å². The molecular weight excluding hydrogens is 260 g/mol. The quantitative estimate of drug-likeness (QED) is 0.904. The Kier molecular flexibility index (Phi) is 3.84. The van der Waals surface area contributed by atoms with Crippen LogP contribution in [0, 0.1) is 0 Å². The molecule has 0 bridgehead atoms. The number of methoxy groups -OCH3 is 1. The Labute approximate surface area is 126 Å². The van der Waals surface area contributed by atoms with Crippen LogP contribution in [0.2, 0.25) is 0 Å². The molecule has 110 valence electrons. The second-order valence-corrected chi connectivity index (χ2v) is 5.65. The first-order valence-corrected chi connectivity index (χ1v) is 7.48. The molecule has 0 spiro atoms. The maximum Gasteiger partial charge on any atom is 0.119 e. The first-order chi connectivity index (χ1) is 10.3. The number of nitrogens with two attached hydrogens (primary N) is 1. The highest BCUT2D eigenvalue weighted by molar-refractivity contribution is 5.52. The van der Waals surface area contributed by atoms with Gasteiger partial charge in [-0.2, -0.15) is 0 Å². The van der Waals surface area contributed by atoms with E-state index >= 15 is 0 Å². The van der Waals surface area contributed by atoms with E-state index in [1.165, 1.54) is 11.1 Å². The molecule has 1 atom stereocenters. The van der Waals surface area contributed by atoms with E-state index in [-0.39, 0.29) is 5.54 Å². The third-order valence-electron chi connectivity index (χ3n) is 4.40. The Morgan fingerprint density at radius 2 is 1.90 bits per heavy atom. The molecule has 21 heavy (non-hydrogen) atoms. The number of hydrogen-bond donors (Lipinski definition) is 2. The lowest BCUT2D eigenvalue weighted by atomic mass is 9.76. The van der Waals surface area contributed by atoms with Crippen molar-refractivity contribution in [2.75, 3.05) is 19.0 Å². The van der Waals surface area contributed by atoms with Crippen molar-refractivity contribution in [3.05, 3.63) is 59.7 Å². The summed E-state index contributed by atoms with van der Waals surface area (Å²) in [6.45, 7) is 0.593. The van der Waals surface area contributed by atoms with E-state index in [4.69, 9.17) is 10.5 Å². The zero-order chi connectivity index (χ0) is 14.7. The van der Waals surface area contributed by atoms with Gasteiger partial charge in [-0.15, -0.1) is 0 Å². The minimum Gasteiger partial charge on any atom is -0.497 e. The highest BCUT2D eigenvalue weighted by Gasteiger charge is 2.34. The third kappa shape index (κ3) is 2.61. The maximum atomic E-state index is 6.17. The van der Waals surface area contributed by atoms with Crippen LogP contribution in [-0.4, -0.2) is 13.7 Å². The van der Waals surface area contributed by atoms with Gasteiger partial charge in [-0.1, -0.05) is 24.3 Å². The van der Waals surface area contributed by atoms with Crippen LogP contribution < -0.4 is 15.8 Å². The molecule has 0 radical (unpaired) electrons. The van der Waals surface area contributed by atoms with Crippen LogP contribution in [0.1, 0.15) is 24.0 Å². The van der Waals surface area contributed by atoms with Gasteiger partial charge in [0.25, 0.3) is 0 Å². The molecule has 0 saturated heterocycles. The van der Waals surface area contributed by atoms with Gasteiger partial charge in [0.1, 0.15) is 5.75 Å². The summed E-state index contributed by atoms with van der Waals surface area (Å²) < 4.78 is 5.21. The number of aryl methyl sites for hydroxylation is 1. The Balaban J connectivity index is 1.94. The van der Waals surface area contributed by atoms with Crippen LogP contribution in [0.25, 0.3) is 0 Å². The molecule has 0 aromatic heterocycles. The molecule has 1 unspecified atom stereocenters. The van der Waals surface area contributed by atoms with Crippen LogP contribution in [0.3, 0.4) is 0 Å². The number of nitrogens with one attached hydrogen (secondary N) is 1. The standard InChI is InChI=1S/C18H22N2O/c1-21-16-10-8-15(9-11-16)20-18(13-19)12-4-6-14-5-2-3-7-17(14)18/h2-3,5,7-11,20H,4,6,12-13,19H2,1H3. The number of ether oxygens (including phenoxy) is 1. The summed E-state index contributed by atoms with van der Waals surface area (Å²) in [5.41, 5.74) is 9.84. The number of benzene rings is 2. The maximum absolute atomic E-state index is 6.17. The number of rotatable bonds is 4. The van der Waals surface area contributed by atoms with E-state index < -0.39 is 0 Å². The molecule has 3 N–H and O–H groups in total. The van der Waals surface area contributed by atoms with Crippen molar-refractivity contribution in [1.29, 1.82) is 0 Å². The van der Waals surface area contributed by atoms with E-state index in [0.29, 0.717) is 6.54 Å². The Bertz CT molecular complexity index is 609. The van der Waals surface area contributed by atoms with Gasteiger partial charge in [-0.05, 0) is 54.7 Å². The van der Waals surface area contributed by atoms with Crippen LogP contribution in [-0.2, 0) is 12.0 Å². The van der Waals surface area contributed by atoms with Crippen LogP contribution >= 0.6 is 0 Å². The first kappa shape index (κ1) is 14.0. The van der Waals surface area contributed by atoms with E-state index in [9.17, 15) is 0 Å². The summed E-state index contributed by atoms with van der Waals surface area (Å²) in [4.78, 5) is 0. The average molecular weight is 282 g/mol. The van der Waals surface area contributed by atoms with Gasteiger partial charge >= 0.3 is 0 Å². The topological polar surface area (TPSA) is 47.3 Å². The number of anilines is 1.